The van der Waals surface area contributed by atoms with Crippen LogP contribution in [0, 0.1) is 12.8 Å². The number of ketones is 1. The molecule has 6 nitrogen and oxygen atoms in total. The molecule has 1 aliphatic heterocycles. The van der Waals surface area contributed by atoms with Gasteiger partial charge in [-0.25, -0.2) is 8.42 Å². The number of hydrogen-bond acceptors (Lipinski definition) is 6. The van der Waals surface area contributed by atoms with Crippen molar-refractivity contribution in [1.82, 2.24) is 5.32 Å². The first-order chi connectivity index (χ1) is 13.3. The minimum atomic E-state index is -3.97. The number of aryl methyl sites for hydroxylation is 1. The molecule has 1 saturated heterocycles. The first-order valence-corrected chi connectivity index (χ1v) is 10.5. The van der Waals surface area contributed by atoms with Gasteiger partial charge in [0.05, 0.1) is 17.9 Å². The van der Waals surface area contributed by atoms with E-state index >= 15 is 0 Å². The molecule has 2 aromatic carbocycles. The Hall–Kier alpha value is -2.51. The molecule has 0 spiro atoms. The van der Waals surface area contributed by atoms with Gasteiger partial charge in [-0.15, -0.1) is 0 Å². The van der Waals surface area contributed by atoms with E-state index < -0.39 is 39.1 Å². The number of benzene rings is 2. The molecule has 0 radical (unpaired) electrons. The second kappa shape index (κ2) is 7.85. The highest BCUT2D eigenvalue weighted by Crippen LogP contribution is 2.40. The third-order valence-electron chi connectivity index (χ3n) is 5.16. The van der Waals surface area contributed by atoms with E-state index in [9.17, 15) is 18.0 Å². The van der Waals surface area contributed by atoms with Crippen molar-refractivity contribution in [1.29, 1.82) is 0 Å². The predicted molar refractivity (Wildman–Crippen MR) is 104 cm³/mol. The molecule has 1 heterocycles. The largest absolute Gasteiger partial charge is 0.468 e. The summed E-state index contributed by atoms with van der Waals surface area (Å²) in [6, 6.07) is 13.6. The average Bonchev–Trinajstić information content (AvgIpc) is 3.10. The number of methoxy groups -OCH3 is 1. The van der Waals surface area contributed by atoms with Crippen LogP contribution in [0.1, 0.15) is 24.1 Å². The SMILES string of the molecule is COC(=O)[C@@H]1N[C@H](c2cccc(C)c2)[C@H](C(C)=O)[C@H]1S(=O)(=O)c1ccccc1. The lowest BCUT2D eigenvalue weighted by atomic mass is 9.89. The summed E-state index contributed by atoms with van der Waals surface area (Å²) in [7, 11) is -2.77. The van der Waals surface area contributed by atoms with Crippen molar-refractivity contribution in [2.45, 2.75) is 36.1 Å². The van der Waals surface area contributed by atoms with Gasteiger partial charge in [0.15, 0.2) is 9.84 Å². The topological polar surface area (TPSA) is 89.5 Å². The molecule has 0 amide bonds. The quantitative estimate of drug-likeness (QED) is 0.773. The van der Waals surface area contributed by atoms with Crippen LogP contribution in [0.2, 0.25) is 0 Å². The molecular weight excluding hydrogens is 378 g/mol. The standard InChI is InChI=1S/C21H23NO5S/c1-13-8-7-9-15(12-13)18-17(14(2)23)20(19(22-18)21(24)27-3)28(25,26)16-10-5-4-6-11-16/h4-12,17-20,22H,1-3H3/t17-,18+,19+,20+/m0/s1. The lowest BCUT2D eigenvalue weighted by molar-refractivity contribution is -0.142. The van der Waals surface area contributed by atoms with Gasteiger partial charge in [0, 0.05) is 6.04 Å². The Balaban J connectivity index is 2.16. The Morgan fingerprint density at radius 1 is 1.04 bits per heavy atom. The van der Waals surface area contributed by atoms with E-state index in [1.165, 1.54) is 26.2 Å². The van der Waals surface area contributed by atoms with Gasteiger partial charge < -0.3 is 4.74 Å². The van der Waals surface area contributed by atoms with E-state index in [1.54, 1.807) is 18.2 Å². The maximum atomic E-state index is 13.4. The molecule has 0 saturated carbocycles. The summed E-state index contributed by atoms with van der Waals surface area (Å²) in [6.45, 7) is 3.28. The molecule has 0 bridgehead atoms. The van der Waals surface area contributed by atoms with Crippen LogP contribution < -0.4 is 5.32 Å². The van der Waals surface area contributed by atoms with Gasteiger partial charge >= 0.3 is 5.97 Å². The van der Waals surface area contributed by atoms with E-state index in [0.29, 0.717) is 0 Å². The van der Waals surface area contributed by atoms with Crippen molar-refractivity contribution < 1.29 is 22.7 Å². The third-order valence-corrected chi connectivity index (χ3v) is 7.37. The minimum Gasteiger partial charge on any atom is -0.468 e. The van der Waals surface area contributed by atoms with Crippen molar-refractivity contribution in [3.05, 3.63) is 65.7 Å². The smallest absolute Gasteiger partial charge is 0.324 e. The van der Waals surface area contributed by atoms with Crippen LogP contribution in [0.3, 0.4) is 0 Å². The van der Waals surface area contributed by atoms with Gasteiger partial charge in [0.1, 0.15) is 17.1 Å². The van der Waals surface area contributed by atoms with Crippen LogP contribution >= 0.6 is 0 Å². The molecule has 1 N–H and O–H groups in total. The van der Waals surface area contributed by atoms with Crippen LogP contribution in [0.25, 0.3) is 0 Å². The van der Waals surface area contributed by atoms with Gasteiger partial charge in [-0.2, -0.15) is 0 Å². The first kappa shape index (κ1) is 20.2. The molecule has 2 aromatic rings. The average molecular weight is 401 g/mol. The second-order valence-corrected chi connectivity index (χ2v) is 9.12. The molecule has 3 rings (SSSR count). The summed E-state index contributed by atoms with van der Waals surface area (Å²) in [5.74, 6) is -1.92. The van der Waals surface area contributed by atoms with Crippen LogP contribution in [-0.2, 0) is 24.2 Å². The first-order valence-electron chi connectivity index (χ1n) is 8.97. The third kappa shape index (κ3) is 3.59. The number of sulfone groups is 1. The Labute approximate surface area is 164 Å². The van der Waals surface area contributed by atoms with E-state index in [-0.39, 0.29) is 10.7 Å². The second-order valence-electron chi connectivity index (χ2n) is 7.02. The minimum absolute atomic E-state index is 0.0758. The van der Waals surface area contributed by atoms with E-state index in [2.05, 4.69) is 5.32 Å². The van der Waals surface area contributed by atoms with Crippen molar-refractivity contribution in [2.75, 3.05) is 7.11 Å². The number of carbonyl (C=O) groups is 2. The van der Waals surface area contributed by atoms with Gasteiger partial charge in [-0.05, 0) is 31.5 Å². The highest BCUT2D eigenvalue weighted by Gasteiger charge is 2.55. The normalized spacial score (nSPS) is 24.7. The molecular formula is C21H23NO5S. The molecule has 28 heavy (non-hydrogen) atoms. The summed E-state index contributed by atoms with van der Waals surface area (Å²) in [5.41, 5.74) is 1.74. The fourth-order valence-electron chi connectivity index (χ4n) is 3.89. The summed E-state index contributed by atoms with van der Waals surface area (Å²) in [6.07, 6.45) is 0. The van der Waals surface area contributed by atoms with Gasteiger partial charge in [-0.3, -0.25) is 14.9 Å². The summed E-state index contributed by atoms with van der Waals surface area (Å²) in [4.78, 5) is 25.1. The maximum absolute atomic E-state index is 13.4. The van der Waals surface area contributed by atoms with Gasteiger partial charge in [0.2, 0.25) is 0 Å². The van der Waals surface area contributed by atoms with Gasteiger partial charge in [0.25, 0.3) is 0 Å². The van der Waals surface area contributed by atoms with E-state index in [1.807, 2.05) is 31.2 Å². The van der Waals surface area contributed by atoms with Crippen molar-refractivity contribution in [2.24, 2.45) is 5.92 Å². The summed E-state index contributed by atoms with van der Waals surface area (Å²) in [5, 5.41) is 1.81. The Bertz CT molecular complexity index is 987. The number of esters is 1. The van der Waals surface area contributed by atoms with E-state index in [0.717, 1.165) is 11.1 Å². The fraction of sp³-hybridized carbons (Fsp3) is 0.333. The lowest BCUT2D eigenvalue weighted by Gasteiger charge is -2.23. The molecule has 1 fully saturated rings. The Morgan fingerprint density at radius 2 is 1.71 bits per heavy atom. The fourth-order valence-corrected chi connectivity index (χ4v) is 6.02. The summed E-state index contributed by atoms with van der Waals surface area (Å²) < 4.78 is 31.7. The number of ether oxygens (including phenoxy) is 1. The van der Waals surface area contributed by atoms with Crippen molar-refractivity contribution in [3.63, 3.8) is 0 Å². The highest BCUT2D eigenvalue weighted by atomic mass is 32.2. The monoisotopic (exact) mass is 401 g/mol. The van der Waals surface area contributed by atoms with Gasteiger partial charge in [-0.1, -0.05) is 48.0 Å². The van der Waals surface area contributed by atoms with E-state index in [4.69, 9.17) is 4.74 Å². The Morgan fingerprint density at radius 3 is 2.29 bits per heavy atom. The zero-order valence-electron chi connectivity index (χ0n) is 16.0. The highest BCUT2D eigenvalue weighted by molar-refractivity contribution is 7.92. The molecule has 0 unspecified atom stereocenters. The maximum Gasteiger partial charge on any atom is 0.324 e. The van der Waals surface area contributed by atoms with Crippen molar-refractivity contribution in [3.8, 4) is 0 Å². The van der Waals surface area contributed by atoms with Crippen molar-refractivity contribution >= 4 is 21.6 Å². The lowest BCUT2D eigenvalue weighted by Crippen LogP contribution is -2.45. The van der Waals surface area contributed by atoms with Crippen LogP contribution in [0.15, 0.2) is 59.5 Å². The number of nitrogens with one attached hydrogen (secondary N) is 1. The summed E-state index contributed by atoms with van der Waals surface area (Å²) >= 11 is 0. The number of rotatable bonds is 5. The molecule has 0 aromatic heterocycles. The predicted octanol–water partition coefficient (Wildman–Crippen LogP) is 2.23. The number of carbonyl (C=O) groups excluding carboxylic acids is 2. The van der Waals surface area contributed by atoms with Crippen LogP contribution in [0.4, 0.5) is 0 Å². The zero-order valence-corrected chi connectivity index (χ0v) is 16.8. The van der Waals surface area contributed by atoms with Crippen LogP contribution in [-0.4, -0.2) is 38.6 Å². The molecule has 4 atom stereocenters. The molecule has 148 valence electrons. The zero-order chi connectivity index (χ0) is 20.5. The van der Waals surface area contributed by atoms with Crippen LogP contribution in [0.5, 0.6) is 0 Å². The molecule has 7 heteroatoms. The molecule has 0 aliphatic carbocycles. The molecule has 1 aliphatic rings. The number of Topliss-reactive ketones (excluding diaryl/α,β-unsaturated/α-hetero) is 1. The number of hydrogen-bond donors (Lipinski definition) is 1. The Kier molecular flexibility index (Phi) is 5.67.